The van der Waals surface area contributed by atoms with E-state index >= 15 is 0 Å². The van der Waals surface area contributed by atoms with E-state index in [-0.39, 0.29) is 6.49 Å². The maximum atomic E-state index is 5.44. The second-order valence-corrected chi connectivity index (χ2v) is 2.01. The van der Waals surface area contributed by atoms with Gasteiger partial charge < -0.3 is 0 Å². The zero-order valence-corrected chi connectivity index (χ0v) is 6.20. The lowest BCUT2D eigenvalue weighted by Gasteiger charge is -1.96. The van der Waals surface area contributed by atoms with Crippen LogP contribution in [0.15, 0.2) is 0 Å². The summed E-state index contributed by atoms with van der Waals surface area (Å²) >= 11 is 0. The Morgan fingerprint density at radius 2 is 1.70 bits per heavy atom. The third-order valence-electron chi connectivity index (χ3n) is 0.859. The SMILES string of the molecule is [B][B][B][B][B][B][B]B([B])C. The van der Waals surface area contributed by atoms with E-state index in [2.05, 4.69) is 0 Å². The lowest BCUT2D eigenvalue weighted by Crippen LogP contribution is -2.33. The molecule has 0 aromatic rings. The molecule has 0 aromatic carbocycles. The average molecular weight is 112 g/mol. The second-order valence-electron chi connectivity index (χ2n) is 2.01. The minimum atomic E-state index is 0.117. The molecule has 9 heteroatoms. The van der Waals surface area contributed by atoms with Crippen LogP contribution in [0.1, 0.15) is 0 Å². The average Bonchev–Trinajstić information content (AvgIpc) is 1.87. The summed E-state index contributed by atoms with van der Waals surface area (Å²) in [6, 6.07) is 0. The van der Waals surface area contributed by atoms with Crippen molar-refractivity contribution >= 4 is 64.3 Å². The third kappa shape index (κ3) is 8.58. The Labute approximate surface area is 71.7 Å². The van der Waals surface area contributed by atoms with E-state index in [9.17, 15) is 0 Å². The zero-order valence-electron chi connectivity index (χ0n) is 6.20. The van der Waals surface area contributed by atoms with Gasteiger partial charge in [-0.05, 0) is 0 Å². The largest absolute Gasteiger partial charge is 0.101 e. The molecular formula is CH3B9. The Balaban J connectivity index is 2.77. The van der Waals surface area contributed by atoms with Gasteiger partial charge in [0, 0.05) is 64.3 Å². The lowest BCUT2D eigenvalue weighted by atomic mass is 8.88. The molecule has 0 spiro atoms. The predicted molar refractivity (Wildman–Crippen MR) is 57.6 cm³/mol. The normalized spacial score (nSPS) is 7.30. The molecule has 0 aliphatic heterocycles. The van der Waals surface area contributed by atoms with Crippen LogP contribution in [0.4, 0.5) is 0 Å². The Morgan fingerprint density at radius 3 is 2.20 bits per heavy atom. The van der Waals surface area contributed by atoms with Crippen molar-refractivity contribution in [2.75, 3.05) is 0 Å². The van der Waals surface area contributed by atoms with Crippen molar-refractivity contribution in [3.63, 3.8) is 0 Å². The highest BCUT2D eigenvalue weighted by Crippen LogP contribution is 1.65. The second kappa shape index (κ2) is 7.69. The van der Waals surface area contributed by atoms with Gasteiger partial charge in [-0.2, -0.15) is 0 Å². The first-order valence-corrected chi connectivity index (χ1v) is 3.24. The summed E-state index contributed by atoms with van der Waals surface area (Å²) in [6.07, 6.45) is 0. The van der Waals surface area contributed by atoms with Gasteiger partial charge in [0.05, 0.1) is 0 Å². The molecule has 0 heterocycles. The summed E-state index contributed by atoms with van der Waals surface area (Å²) in [5, 5.41) is 0. The fraction of sp³-hybridized carbons (Fsp3) is 1.00. The summed E-state index contributed by atoms with van der Waals surface area (Å²) < 4.78 is 0. The molecule has 0 saturated carbocycles. The highest BCUT2D eigenvalue weighted by atomic mass is 13.0. The van der Waals surface area contributed by atoms with E-state index < -0.39 is 0 Å². The van der Waals surface area contributed by atoms with Crippen molar-refractivity contribution in [3.8, 4) is 0 Å². The first kappa shape index (κ1) is 10.6. The number of rotatable bonds is 6. The smallest absolute Gasteiger partial charge is 0.0414 e. The molecule has 0 saturated heterocycles. The Morgan fingerprint density at radius 1 is 1.10 bits per heavy atom. The summed E-state index contributed by atoms with van der Waals surface area (Å²) in [5.41, 5.74) is 0. The van der Waals surface area contributed by atoms with Crippen LogP contribution in [-0.2, 0) is 0 Å². The molecule has 34 valence electrons. The van der Waals surface area contributed by atoms with Gasteiger partial charge in [-0.3, -0.25) is 0 Å². The van der Waals surface area contributed by atoms with Crippen LogP contribution in [0.2, 0.25) is 6.82 Å². The third-order valence-corrected chi connectivity index (χ3v) is 0.859. The van der Waals surface area contributed by atoms with E-state index in [0.29, 0.717) is 0 Å². The first-order chi connectivity index (χ1) is 4.77. The number of hydrogen-bond donors (Lipinski definition) is 0. The molecule has 0 nitrogen and oxygen atoms in total. The van der Waals surface area contributed by atoms with Gasteiger partial charge in [0.25, 0.3) is 0 Å². The molecule has 0 aliphatic rings. The predicted octanol–water partition coefficient (Wildman–Crippen LogP) is -2.84. The summed E-state index contributed by atoms with van der Waals surface area (Å²) in [4.78, 5) is 0. The lowest BCUT2D eigenvalue weighted by molar-refractivity contribution is 2.34. The molecule has 0 atom stereocenters. The summed E-state index contributed by atoms with van der Waals surface area (Å²) in [6.45, 7) is 2.04. The van der Waals surface area contributed by atoms with Crippen LogP contribution < -0.4 is 0 Å². The van der Waals surface area contributed by atoms with Crippen LogP contribution in [0.5, 0.6) is 0 Å². The highest BCUT2D eigenvalue weighted by Gasteiger charge is 1.98. The molecular weight excluding hydrogens is 109 g/mol. The van der Waals surface area contributed by atoms with Crippen molar-refractivity contribution in [1.82, 2.24) is 0 Å². The Kier molecular flexibility index (Phi) is 8.14. The van der Waals surface area contributed by atoms with Gasteiger partial charge in [0.1, 0.15) is 0 Å². The molecule has 0 aliphatic carbocycles. The van der Waals surface area contributed by atoms with Crippen molar-refractivity contribution in [1.29, 1.82) is 0 Å². The van der Waals surface area contributed by atoms with Gasteiger partial charge in [-0.15, -0.1) is 6.82 Å². The van der Waals surface area contributed by atoms with Gasteiger partial charge in [0.2, 0.25) is 0 Å². The van der Waals surface area contributed by atoms with Crippen molar-refractivity contribution in [2.24, 2.45) is 0 Å². The fourth-order valence-electron chi connectivity index (χ4n) is 0.432. The van der Waals surface area contributed by atoms with Crippen molar-refractivity contribution in [2.45, 2.75) is 6.82 Å². The van der Waals surface area contributed by atoms with E-state index in [1.54, 1.807) is 7.06 Å². The van der Waals surface area contributed by atoms with Crippen LogP contribution >= 0.6 is 0 Å². The van der Waals surface area contributed by atoms with E-state index in [4.69, 9.17) is 15.5 Å². The standard InChI is InChI=1S/CH3B9/c1-10(3)9-8-7-6-5-4-2/h1H3. The van der Waals surface area contributed by atoms with E-state index in [0.717, 1.165) is 0 Å². The van der Waals surface area contributed by atoms with Crippen LogP contribution in [0.25, 0.3) is 0 Å². The fourth-order valence-corrected chi connectivity index (χ4v) is 0.432. The van der Waals surface area contributed by atoms with Crippen molar-refractivity contribution in [3.05, 3.63) is 0 Å². The maximum absolute atomic E-state index is 5.44. The number of hydrogen-bond acceptors (Lipinski definition) is 0. The van der Waals surface area contributed by atoms with Crippen LogP contribution in [0.3, 0.4) is 0 Å². The molecule has 0 rings (SSSR count). The molecule has 0 N–H and O–H groups in total. The molecule has 0 bridgehead atoms. The summed E-state index contributed by atoms with van der Waals surface area (Å²) in [7, 11) is 21.3. The minimum Gasteiger partial charge on any atom is -0.101 e. The van der Waals surface area contributed by atoms with Crippen molar-refractivity contribution < 1.29 is 0 Å². The molecule has 0 fully saturated rings. The summed E-state index contributed by atoms with van der Waals surface area (Å²) in [5.74, 6) is 0. The van der Waals surface area contributed by atoms with E-state index in [1.165, 1.54) is 7.06 Å². The Hall–Kier alpha value is 0.584. The van der Waals surface area contributed by atoms with E-state index in [1.807, 2.05) is 35.1 Å². The minimum absolute atomic E-state index is 0.117. The zero-order chi connectivity index (χ0) is 7.82. The van der Waals surface area contributed by atoms with Gasteiger partial charge in [-0.25, -0.2) is 0 Å². The highest BCUT2D eigenvalue weighted by molar-refractivity contribution is 7.68. The Bertz CT molecular complexity index is 59.7. The topological polar surface area (TPSA) is 0 Å². The van der Waals surface area contributed by atoms with Gasteiger partial charge >= 0.3 is 0 Å². The van der Waals surface area contributed by atoms with Gasteiger partial charge in [0.15, 0.2) is 0 Å². The molecule has 0 aromatic heterocycles. The molecule has 0 amide bonds. The van der Waals surface area contributed by atoms with Crippen LogP contribution in [-0.4, -0.2) is 64.3 Å². The van der Waals surface area contributed by atoms with Crippen LogP contribution in [0, 0.1) is 0 Å². The van der Waals surface area contributed by atoms with Gasteiger partial charge in [-0.1, -0.05) is 0 Å². The maximum Gasteiger partial charge on any atom is 0.0414 e. The molecule has 0 unspecified atom stereocenters. The molecule has 10 heavy (non-hydrogen) atoms. The first-order valence-electron chi connectivity index (χ1n) is 3.24. The monoisotopic (exact) mass is 114 g/mol. The molecule has 10 radical (unpaired) electrons. The quantitative estimate of drug-likeness (QED) is 0.256.